The van der Waals surface area contributed by atoms with Crippen LogP contribution in [0.2, 0.25) is 0 Å². The van der Waals surface area contributed by atoms with Crippen LogP contribution in [-0.4, -0.2) is 17.1 Å². The van der Waals surface area contributed by atoms with E-state index in [1.165, 1.54) is 0 Å². The minimum absolute atomic E-state index is 0.263. The number of rotatable bonds is 5. The Hall–Kier alpha value is -2.14. The molecule has 1 heterocycles. The highest BCUT2D eigenvalue weighted by Gasteiger charge is 2.08. The van der Waals surface area contributed by atoms with Crippen LogP contribution < -0.4 is 15.2 Å². The zero-order chi connectivity index (χ0) is 13.7. The monoisotopic (exact) mass is 274 g/mol. The van der Waals surface area contributed by atoms with Gasteiger partial charge in [0.05, 0.1) is 7.11 Å². The first-order chi connectivity index (χ1) is 9.22. The van der Waals surface area contributed by atoms with Crippen molar-refractivity contribution in [2.45, 2.75) is 6.61 Å². The number of methoxy groups -OCH3 is 1. The lowest BCUT2D eigenvalue weighted by Crippen LogP contribution is -2.15. The van der Waals surface area contributed by atoms with Crippen molar-refractivity contribution < 1.29 is 9.47 Å². The summed E-state index contributed by atoms with van der Waals surface area (Å²) in [5.41, 5.74) is 7.07. The SMILES string of the molecule is COc1ccccc1OCc1cccnc1C(N)=S. The van der Waals surface area contributed by atoms with Crippen molar-refractivity contribution in [2.75, 3.05) is 7.11 Å². The van der Waals surface area contributed by atoms with Gasteiger partial charge in [0.15, 0.2) is 11.5 Å². The second-order valence-electron chi connectivity index (χ2n) is 3.81. The predicted octanol–water partition coefficient (Wildman–Crippen LogP) is 2.30. The van der Waals surface area contributed by atoms with Crippen molar-refractivity contribution in [3.05, 3.63) is 53.9 Å². The molecule has 19 heavy (non-hydrogen) atoms. The Bertz CT molecular complexity index is 587. The maximum absolute atomic E-state index is 5.72. The fourth-order valence-corrected chi connectivity index (χ4v) is 1.85. The molecule has 0 aliphatic rings. The van der Waals surface area contributed by atoms with Crippen LogP contribution in [0.1, 0.15) is 11.3 Å². The molecule has 0 amide bonds. The Morgan fingerprint density at radius 2 is 1.95 bits per heavy atom. The lowest BCUT2D eigenvalue weighted by molar-refractivity contribution is 0.284. The molecule has 1 aromatic carbocycles. The number of hydrogen-bond acceptors (Lipinski definition) is 4. The molecule has 0 radical (unpaired) electrons. The lowest BCUT2D eigenvalue weighted by atomic mass is 10.2. The van der Waals surface area contributed by atoms with Crippen LogP contribution in [0.4, 0.5) is 0 Å². The molecule has 2 rings (SSSR count). The van der Waals surface area contributed by atoms with Crippen LogP contribution in [0.25, 0.3) is 0 Å². The largest absolute Gasteiger partial charge is 0.493 e. The van der Waals surface area contributed by atoms with Crippen molar-refractivity contribution in [2.24, 2.45) is 5.73 Å². The van der Waals surface area contributed by atoms with E-state index in [9.17, 15) is 0 Å². The van der Waals surface area contributed by atoms with Crippen LogP contribution >= 0.6 is 12.2 Å². The Morgan fingerprint density at radius 1 is 1.21 bits per heavy atom. The van der Waals surface area contributed by atoms with Gasteiger partial charge in [-0.25, -0.2) is 0 Å². The number of hydrogen-bond donors (Lipinski definition) is 1. The molecule has 0 bridgehead atoms. The molecular weight excluding hydrogens is 260 g/mol. The number of para-hydroxylation sites is 2. The van der Waals surface area contributed by atoms with Crippen molar-refractivity contribution in [1.82, 2.24) is 4.98 Å². The maximum atomic E-state index is 5.72. The van der Waals surface area contributed by atoms with Gasteiger partial charge in [0, 0.05) is 11.8 Å². The van der Waals surface area contributed by atoms with E-state index in [1.807, 2.05) is 36.4 Å². The summed E-state index contributed by atoms with van der Waals surface area (Å²) in [6, 6.07) is 11.2. The van der Waals surface area contributed by atoms with Gasteiger partial charge in [-0.05, 0) is 18.2 Å². The Morgan fingerprint density at radius 3 is 2.63 bits per heavy atom. The number of benzene rings is 1. The summed E-state index contributed by atoms with van der Waals surface area (Å²) < 4.78 is 10.9. The molecule has 1 aromatic heterocycles. The van der Waals surface area contributed by atoms with E-state index < -0.39 is 0 Å². The van der Waals surface area contributed by atoms with Gasteiger partial charge in [0.2, 0.25) is 0 Å². The molecule has 0 spiro atoms. The van der Waals surface area contributed by atoms with E-state index in [4.69, 9.17) is 27.4 Å². The average molecular weight is 274 g/mol. The summed E-state index contributed by atoms with van der Waals surface area (Å²) >= 11 is 4.96. The molecule has 0 aliphatic carbocycles. The van der Waals surface area contributed by atoms with Crippen molar-refractivity contribution >= 4 is 17.2 Å². The quantitative estimate of drug-likeness (QED) is 0.848. The van der Waals surface area contributed by atoms with Crippen LogP contribution in [0.15, 0.2) is 42.6 Å². The molecule has 4 nitrogen and oxygen atoms in total. The topological polar surface area (TPSA) is 57.4 Å². The van der Waals surface area contributed by atoms with Crippen molar-refractivity contribution in [3.63, 3.8) is 0 Å². The fourth-order valence-electron chi connectivity index (χ4n) is 1.67. The molecule has 0 saturated heterocycles. The van der Waals surface area contributed by atoms with E-state index in [1.54, 1.807) is 13.3 Å². The van der Waals surface area contributed by atoms with Gasteiger partial charge in [-0.1, -0.05) is 30.4 Å². The number of pyridine rings is 1. The van der Waals surface area contributed by atoms with Gasteiger partial charge >= 0.3 is 0 Å². The normalized spacial score (nSPS) is 9.95. The first-order valence-electron chi connectivity index (χ1n) is 5.72. The average Bonchev–Trinajstić information content (AvgIpc) is 2.45. The zero-order valence-electron chi connectivity index (χ0n) is 10.5. The van der Waals surface area contributed by atoms with Gasteiger partial charge in [0.1, 0.15) is 17.3 Å². The second kappa shape index (κ2) is 6.15. The summed E-state index contributed by atoms with van der Waals surface area (Å²) in [6.07, 6.45) is 1.65. The van der Waals surface area contributed by atoms with E-state index in [-0.39, 0.29) is 4.99 Å². The maximum Gasteiger partial charge on any atom is 0.161 e. The molecule has 0 aliphatic heterocycles. The summed E-state index contributed by atoms with van der Waals surface area (Å²) in [5.74, 6) is 1.35. The second-order valence-corrected chi connectivity index (χ2v) is 4.25. The zero-order valence-corrected chi connectivity index (χ0v) is 11.3. The van der Waals surface area contributed by atoms with E-state index >= 15 is 0 Å². The molecule has 2 N–H and O–H groups in total. The minimum atomic E-state index is 0.263. The predicted molar refractivity (Wildman–Crippen MR) is 77.5 cm³/mol. The van der Waals surface area contributed by atoms with Gasteiger partial charge in [-0.3, -0.25) is 4.98 Å². The number of ether oxygens (including phenoxy) is 2. The fraction of sp³-hybridized carbons (Fsp3) is 0.143. The van der Waals surface area contributed by atoms with E-state index in [2.05, 4.69) is 4.98 Å². The van der Waals surface area contributed by atoms with Gasteiger partial charge < -0.3 is 15.2 Å². The van der Waals surface area contributed by atoms with Crippen LogP contribution in [0.5, 0.6) is 11.5 Å². The summed E-state index contributed by atoms with van der Waals surface area (Å²) in [5, 5.41) is 0. The van der Waals surface area contributed by atoms with E-state index in [0.29, 0.717) is 23.8 Å². The molecule has 0 saturated carbocycles. The number of thiocarbonyl (C=S) groups is 1. The Kier molecular flexibility index (Phi) is 4.30. The van der Waals surface area contributed by atoms with Crippen LogP contribution in [-0.2, 0) is 6.61 Å². The Balaban J connectivity index is 2.17. The van der Waals surface area contributed by atoms with Gasteiger partial charge in [-0.2, -0.15) is 0 Å². The third-order valence-electron chi connectivity index (χ3n) is 2.58. The third kappa shape index (κ3) is 3.20. The molecule has 0 fully saturated rings. The summed E-state index contributed by atoms with van der Waals surface area (Å²) in [4.78, 5) is 4.42. The molecular formula is C14H14N2O2S. The molecule has 2 aromatic rings. The van der Waals surface area contributed by atoms with E-state index in [0.717, 1.165) is 5.56 Å². The molecule has 98 valence electrons. The summed E-state index contributed by atoms with van der Waals surface area (Å²) in [6.45, 7) is 0.334. The lowest BCUT2D eigenvalue weighted by Gasteiger charge is -2.11. The van der Waals surface area contributed by atoms with Gasteiger partial charge in [-0.15, -0.1) is 0 Å². The molecule has 5 heteroatoms. The highest BCUT2D eigenvalue weighted by atomic mass is 32.1. The summed E-state index contributed by atoms with van der Waals surface area (Å²) in [7, 11) is 1.60. The smallest absolute Gasteiger partial charge is 0.161 e. The van der Waals surface area contributed by atoms with Gasteiger partial charge in [0.25, 0.3) is 0 Å². The third-order valence-corrected chi connectivity index (χ3v) is 2.77. The minimum Gasteiger partial charge on any atom is -0.493 e. The molecule has 0 atom stereocenters. The van der Waals surface area contributed by atoms with Crippen molar-refractivity contribution in [1.29, 1.82) is 0 Å². The van der Waals surface area contributed by atoms with Crippen LogP contribution in [0, 0.1) is 0 Å². The number of aromatic nitrogens is 1. The number of nitrogens with two attached hydrogens (primary N) is 1. The Labute approximate surface area is 117 Å². The first kappa shape index (κ1) is 13.3. The first-order valence-corrected chi connectivity index (χ1v) is 6.12. The standard InChI is InChI=1S/C14H14N2O2S/c1-17-11-6-2-3-7-12(11)18-9-10-5-4-8-16-13(10)14(15)19/h2-8H,9H2,1H3,(H2,15,19). The molecule has 0 unspecified atom stereocenters. The van der Waals surface area contributed by atoms with Crippen molar-refractivity contribution in [3.8, 4) is 11.5 Å². The van der Waals surface area contributed by atoms with Crippen LogP contribution in [0.3, 0.4) is 0 Å². The number of nitrogens with zero attached hydrogens (tertiary/aromatic N) is 1. The highest BCUT2D eigenvalue weighted by Crippen LogP contribution is 2.26. The highest BCUT2D eigenvalue weighted by molar-refractivity contribution is 7.80.